The highest BCUT2D eigenvalue weighted by Gasteiger charge is 2.23. The maximum absolute atomic E-state index is 11.5. The normalized spacial score (nSPS) is 14.0. The van der Waals surface area contributed by atoms with E-state index in [4.69, 9.17) is 5.73 Å². The molecule has 1 amide bonds. The van der Waals surface area contributed by atoms with Gasteiger partial charge in [0.1, 0.15) is 17.8 Å². The standard InChI is InChI=1S/C19H21N5O2/c1-11(2)24-9-14(16-17(20)21-10-22-18(16)24)12-5-6-15-13(8-12)4-3-7-23(15)19(25)26/h5-6,8-11H,3-4,7H2,1-2H3,(H,25,26)(H2,20,21,22). The Hall–Kier alpha value is -3.09. The first kappa shape index (κ1) is 16.4. The molecule has 0 aliphatic carbocycles. The summed E-state index contributed by atoms with van der Waals surface area (Å²) in [7, 11) is 0. The summed E-state index contributed by atoms with van der Waals surface area (Å²) in [6.07, 6.45) is 4.31. The quantitative estimate of drug-likeness (QED) is 0.734. The third kappa shape index (κ3) is 2.47. The molecule has 0 atom stereocenters. The number of nitrogens with two attached hydrogens (primary N) is 1. The number of carboxylic acid groups (broad SMARTS) is 1. The Morgan fingerprint density at radius 1 is 1.31 bits per heavy atom. The molecule has 0 fully saturated rings. The van der Waals surface area contributed by atoms with E-state index in [1.165, 1.54) is 11.2 Å². The fraction of sp³-hybridized carbons (Fsp3) is 0.316. The lowest BCUT2D eigenvalue weighted by Crippen LogP contribution is -2.34. The molecule has 7 heteroatoms. The molecule has 0 spiro atoms. The molecule has 0 bridgehead atoms. The molecule has 134 valence electrons. The monoisotopic (exact) mass is 351 g/mol. The molecule has 26 heavy (non-hydrogen) atoms. The van der Waals surface area contributed by atoms with Gasteiger partial charge in [0.05, 0.1) is 11.1 Å². The number of benzene rings is 1. The van der Waals surface area contributed by atoms with Crippen LogP contribution < -0.4 is 10.6 Å². The van der Waals surface area contributed by atoms with Crippen molar-refractivity contribution in [2.75, 3.05) is 17.2 Å². The van der Waals surface area contributed by atoms with Gasteiger partial charge in [0.15, 0.2) is 0 Å². The van der Waals surface area contributed by atoms with Gasteiger partial charge in [0.2, 0.25) is 0 Å². The molecular weight excluding hydrogens is 330 g/mol. The van der Waals surface area contributed by atoms with Gasteiger partial charge in [-0.1, -0.05) is 6.07 Å². The molecule has 2 aromatic heterocycles. The molecule has 7 nitrogen and oxygen atoms in total. The Balaban J connectivity index is 1.90. The van der Waals surface area contributed by atoms with Gasteiger partial charge >= 0.3 is 6.09 Å². The van der Waals surface area contributed by atoms with Crippen molar-refractivity contribution in [1.82, 2.24) is 14.5 Å². The van der Waals surface area contributed by atoms with Gasteiger partial charge in [-0.05, 0) is 49.9 Å². The van der Waals surface area contributed by atoms with E-state index in [0.29, 0.717) is 12.4 Å². The molecule has 0 saturated carbocycles. The highest BCUT2D eigenvalue weighted by Crippen LogP contribution is 2.37. The van der Waals surface area contributed by atoms with Crippen molar-refractivity contribution in [2.24, 2.45) is 0 Å². The minimum Gasteiger partial charge on any atom is -0.465 e. The van der Waals surface area contributed by atoms with Gasteiger partial charge in [-0.3, -0.25) is 4.90 Å². The predicted octanol–water partition coefficient (Wildman–Crippen LogP) is 3.69. The summed E-state index contributed by atoms with van der Waals surface area (Å²) >= 11 is 0. The van der Waals surface area contributed by atoms with Crippen LogP contribution in [0.25, 0.3) is 22.2 Å². The van der Waals surface area contributed by atoms with Gasteiger partial charge in [-0.15, -0.1) is 0 Å². The van der Waals surface area contributed by atoms with E-state index >= 15 is 0 Å². The lowest BCUT2D eigenvalue weighted by Gasteiger charge is -2.27. The van der Waals surface area contributed by atoms with Crippen LogP contribution in [0.3, 0.4) is 0 Å². The number of anilines is 2. The molecule has 0 unspecified atom stereocenters. The Labute approximate surface area is 151 Å². The summed E-state index contributed by atoms with van der Waals surface area (Å²) in [5.41, 5.74) is 10.8. The second-order valence-corrected chi connectivity index (χ2v) is 6.88. The number of hydrogen-bond donors (Lipinski definition) is 2. The number of rotatable bonds is 2. The zero-order chi connectivity index (χ0) is 18.4. The highest BCUT2D eigenvalue weighted by molar-refractivity contribution is 6.01. The number of nitrogen functional groups attached to an aromatic ring is 1. The maximum atomic E-state index is 11.5. The van der Waals surface area contributed by atoms with Crippen molar-refractivity contribution >= 4 is 28.6 Å². The number of aromatic nitrogens is 3. The molecule has 0 saturated heterocycles. The molecule has 4 rings (SSSR count). The van der Waals surface area contributed by atoms with E-state index in [1.54, 1.807) is 0 Å². The summed E-state index contributed by atoms with van der Waals surface area (Å²) in [5, 5.41) is 10.2. The van der Waals surface area contributed by atoms with E-state index in [9.17, 15) is 9.90 Å². The van der Waals surface area contributed by atoms with E-state index in [2.05, 4.69) is 40.6 Å². The van der Waals surface area contributed by atoms with Crippen LogP contribution in [0.1, 0.15) is 31.9 Å². The van der Waals surface area contributed by atoms with Crippen LogP contribution in [0.5, 0.6) is 0 Å². The fourth-order valence-corrected chi connectivity index (χ4v) is 3.68. The maximum Gasteiger partial charge on any atom is 0.411 e. The second-order valence-electron chi connectivity index (χ2n) is 6.88. The first-order chi connectivity index (χ1) is 12.5. The van der Waals surface area contributed by atoms with Crippen LogP contribution in [-0.2, 0) is 6.42 Å². The van der Waals surface area contributed by atoms with Gasteiger partial charge in [-0.2, -0.15) is 0 Å². The van der Waals surface area contributed by atoms with E-state index < -0.39 is 6.09 Å². The van der Waals surface area contributed by atoms with Gasteiger partial charge in [-0.25, -0.2) is 14.8 Å². The van der Waals surface area contributed by atoms with Crippen molar-refractivity contribution in [1.29, 1.82) is 0 Å². The van der Waals surface area contributed by atoms with Crippen LogP contribution in [0, 0.1) is 0 Å². The summed E-state index contributed by atoms with van der Waals surface area (Å²) < 4.78 is 2.09. The lowest BCUT2D eigenvalue weighted by atomic mass is 9.96. The number of aryl methyl sites for hydroxylation is 1. The van der Waals surface area contributed by atoms with Crippen molar-refractivity contribution in [3.05, 3.63) is 36.3 Å². The summed E-state index contributed by atoms with van der Waals surface area (Å²) in [6, 6.07) is 6.14. The summed E-state index contributed by atoms with van der Waals surface area (Å²) in [6.45, 7) is 4.73. The van der Waals surface area contributed by atoms with Crippen LogP contribution in [0.4, 0.5) is 16.3 Å². The first-order valence-corrected chi connectivity index (χ1v) is 8.72. The number of hydrogen-bond acceptors (Lipinski definition) is 4. The van der Waals surface area contributed by atoms with Crippen LogP contribution >= 0.6 is 0 Å². The Kier molecular flexibility index (Phi) is 3.79. The average Bonchev–Trinajstić information content (AvgIpc) is 3.02. The molecule has 3 aromatic rings. The molecule has 3 heterocycles. The first-order valence-electron chi connectivity index (χ1n) is 8.72. The molecule has 1 aromatic carbocycles. The number of nitrogens with zero attached hydrogens (tertiary/aromatic N) is 4. The third-order valence-corrected chi connectivity index (χ3v) is 4.94. The Morgan fingerprint density at radius 2 is 2.12 bits per heavy atom. The molecule has 1 aliphatic rings. The van der Waals surface area contributed by atoms with Gasteiger partial charge in [0, 0.05) is 24.3 Å². The lowest BCUT2D eigenvalue weighted by molar-refractivity contribution is 0.201. The SMILES string of the molecule is CC(C)n1cc(-c2ccc3c(c2)CCCN3C(=O)O)c2c(N)ncnc21. The highest BCUT2D eigenvalue weighted by atomic mass is 16.4. The smallest absolute Gasteiger partial charge is 0.411 e. The molecule has 3 N–H and O–H groups in total. The van der Waals surface area contributed by atoms with Crippen molar-refractivity contribution in [3.8, 4) is 11.1 Å². The topological polar surface area (TPSA) is 97.3 Å². The van der Waals surface area contributed by atoms with Crippen LogP contribution in [0.2, 0.25) is 0 Å². The van der Waals surface area contributed by atoms with Crippen molar-refractivity contribution in [3.63, 3.8) is 0 Å². The van der Waals surface area contributed by atoms with Crippen LogP contribution in [0.15, 0.2) is 30.7 Å². The molecule has 0 radical (unpaired) electrons. The minimum absolute atomic E-state index is 0.237. The predicted molar refractivity (Wildman–Crippen MR) is 101 cm³/mol. The average molecular weight is 351 g/mol. The van der Waals surface area contributed by atoms with Crippen LogP contribution in [-0.4, -0.2) is 32.3 Å². The zero-order valence-corrected chi connectivity index (χ0v) is 14.8. The van der Waals surface area contributed by atoms with E-state index in [1.807, 2.05) is 12.1 Å². The Morgan fingerprint density at radius 3 is 2.85 bits per heavy atom. The fourth-order valence-electron chi connectivity index (χ4n) is 3.68. The van der Waals surface area contributed by atoms with Gasteiger partial charge < -0.3 is 15.4 Å². The third-order valence-electron chi connectivity index (χ3n) is 4.94. The van der Waals surface area contributed by atoms with E-state index in [0.717, 1.165) is 46.3 Å². The molecular formula is C19H21N5O2. The van der Waals surface area contributed by atoms with Crippen molar-refractivity contribution in [2.45, 2.75) is 32.7 Å². The number of carbonyl (C=O) groups is 1. The van der Waals surface area contributed by atoms with E-state index in [-0.39, 0.29) is 6.04 Å². The summed E-state index contributed by atoms with van der Waals surface area (Å²) in [5.74, 6) is 0.453. The second kappa shape index (κ2) is 6.01. The zero-order valence-electron chi connectivity index (χ0n) is 14.8. The Bertz CT molecular complexity index is 1010. The molecule has 1 aliphatic heterocycles. The largest absolute Gasteiger partial charge is 0.465 e. The number of fused-ring (bicyclic) bond motifs is 2. The van der Waals surface area contributed by atoms with Gasteiger partial charge in [0.25, 0.3) is 0 Å². The number of amides is 1. The minimum atomic E-state index is -0.909. The summed E-state index contributed by atoms with van der Waals surface area (Å²) in [4.78, 5) is 21.4. The van der Waals surface area contributed by atoms with Crippen molar-refractivity contribution < 1.29 is 9.90 Å².